The number of ether oxygens (including phenoxy) is 1. The molecule has 8 nitrogen and oxygen atoms in total. The summed E-state index contributed by atoms with van der Waals surface area (Å²) in [6.07, 6.45) is -3.25. The van der Waals surface area contributed by atoms with Gasteiger partial charge in [0.15, 0.2) is 0 Å². The van der Waals surface area contributed by atoms with Crippen molar-refractivity contribution in [1.29, 1.82) is 0 Å². The Morgan fingerprint density at radius 3 is 2.42 bits per heavy atom. The van der Waals surface area contributed by atoms with Gasteiger partial charge in [-0.15, -0.1) is 0 Å². The van der Waals surface area contributed by atoms with Crippen molar-refractivity contribution >= 4 is 41.0 Å². The van der Waals surface area contributed by atoms with E-state index in [1.165, 1.54) is 20.2 Å². The van der Waals surface area contributed by atoms with E-state index in [0.29, 0.717) is 16.3 Å². The topological polar surface area (TPSA) is 101 Å². The van der Waals surface area contributed by atoms with Gasteiger partial charge in [-0.3, -0.25) is 9.59 Å². The number of aromatic nitrogens is 2. The van der Waals surface area contributed by atoms with Gasteiger partial charge >= 0.3 is 12.1 Å². The molecule has 0 bridgehead atoms. The monoisotopic (exact) mass is 548 g/mol. The Bertz CT molecular complexity index is 1300. The fraction of sp³-hybridized carbons (Fsp3) is 0.269. The lowest BCUT2D eigenvalue weighted by Crippen LogP contribution is -2.39. The minimum Gasteiger partial charge on any atom is -0.467 e. The number of benzene rings is 2. The van der Waals surface area contributed by atoms with Crippen LogP contribution in [0.15, 0.2) is 60.8 Å². The number of methoxy groups -OCH3 is 1. The summed E-state index contributed by atoms with van der Waals surface area (Å²) in [7, 11) is 1.20. The number of amides is 2. The van der Waals surface area contributed by atoms with E-state index in [0.717, 1.165) is 29.2 Å². The summed E-state index contributed by atoms with van der Waals surface area (Å²) in [5.74, 6) is -1.67. The van der Waals surface area contributed by atoms with E-state index in [1.807, 2.05) is 0 Å². The number of nitrogens with zero attached hydrogens (tertiary/aromatic N) is 3. The van der Waals surface area contributed by atoms with E-state index in [-0.39, 0.29) is 30.9 Å². The van der Waals surface area contributed by atoms with Crippen molar-refractivity contribution in [2.24, 2.45) is 0 Å². The van der Waals surface area contributed by atoms with Gasteiger partial charge in [0.05, 0.1) is 24.1 Å². The fourth-order valence-corrected chi connectivity index (χ4v) is 3.69. The van der Waals surface area contributed by atoms with E-state index in [9.17, 15) is 27.6 Å². The molecule has 3 aromatic rings. The van der Waals surface area contributed by atoms with Crippen molar-refractivity contribution < 1.29 is 32.3 Å². The quantitative estimate of drug-likeness (QED) is 0.363. The Morgan fingerprint density at radius 1 is 1.08 bits per heavy atom. The molecule has 1 atom stereocenters. The van der Waals surface area contributed by atoms with Crippen LogP contribution in [0.2, 0.25) is 5.02 Å². The molecule has 1 heterocycles. The second-order valence-electron chi connectivity index (χ2n) is 8.19. The van der Waals surface area contributed by atoms with Crippen molar-refractivity contribution in [2.45, 2.75) is 38.4 Å². The molecule has 0 radical (unpaired) electrons. The van der Waals surface area contributed by atoms with E-state index in [2.05, 4.69) is 20.0 Å². The zero-order valence-corrected chi connectivity index (χ0v) is 21.2. The lowest BCUT2D eigenvalue weighted by molar-refractivity contribution is -0.144. The Labute approximate surface area is 221 Å². The molecule has 1 unspecified atom stereocenters. The normalized spacial score (nSPS) is 11.9. The summed E-state index contributed by atoms with van der Waals surface area (Å²) in [6, 6.07) is 11.6. The Morgan fingerprint density at radius 2 is 1.79 bits per heavy atom. The highest BCUT2D eigenvalue weighted by molar-refractivity contribution is 6.30. The van der Waals surface area contributed by atoms with Crippen LogP contribution in [0.4, 0.5) is 24.8 Å². The van der Waals surface area contributed by atoms with E-state index < -0.39 is 35.6 Å². The number of halogens is 4. The number of nitrogens with one attached hydrogen (secondary N) is 1. The molecule has 0 saturated heterocycles. The first-order valence-electron chi connectivity index (χ1n) is 11.5. The molecule has 0 fully saturated rings. The zero-order chi connectivity index (χ0) is 27.9. The van der Waals surface area contributed by atoms with Crippen LogP contribution >= 0.6 is 11.6 Å². The molecule has 1 aromatic heterocycles. The molecule has 1 N–H and O–H groups in total. The average molecular weight is 549 g/mol. The second kappa shape index (κ2) is 12.5. The number of hydrogen-bond acceptors (Lipinski definition) is 6. The fourth-order valence-electron chi connectivity index (χ4n) is 3.50. The minimum atomic E-state index is -4.55. The molecule has 0 aliphatic carbocycles. The van der Waals surface area contributed by atoms with Gasteiger partial charge in [-0.05, 0) is 55.8 Å². The number of rotatable bonds is 9. The molecule has 0 spiro atoms. The largest absolute Gasteiger partial charge is 0.467 e. The summed E-state index contributed by atoms with van der Waals surface area (Å²) in [5, 5.41) is 2.94. The third-order valence-electron chi connectivity index (χ3n) is 5.39. The summed E-state index contributed by atoms with van der Waals surface area (Å²) < 4.78 is 43.8. The molecule has 2 aromatic carbocycles. The summed E-state index contributed by atoms with van der Waals surface area (Å²) in [5.41, 5.74) is 0.337. The highest BCUT2D eigenvalue weighted by Crippen LogP contribution is 2.32. The second-order valence-corrected chi connectivity index (χ2v) is 8.63. The SMILES string of the molecule is COC(=O)C(C)NC(=O)CCCC(=O)N(c1ccc(C(F)(F)F)cc1)c1nccc(-c2cccc(Cl)c2)n1. The Hall–Kier alpha value is -3.99. The van der Waals surface area contributed by atoms with Crippen LogP contribution in [0, 0.1) is 0 Å². The van der Waals surface area contributed by atoms with E-state index in [1.54, 1.807) is 30.3 Å². The van der Waals surface area contributed by atoms with Crippen molar-refractivity contribution in [1.82, 2.24) is 15.3 Å². The van der Waals surface area contributed by atoms with E-state index >= 15 is 0 Å². The highest BCUT2D eigenvalue weighted by atomic mass is 35.5. The zero-order valence-electron chi connectivity index (χ0n) is 20.5. The smallest absolute Gasteiger partial charge is 0.416 e. The van der Waals surface area contributed by atoms with E-state index in [4.69, 9.17) is 11.6 Å². The van der Waals surface area contributed by atoms with Crippen molar-refractivity contribution in [3.63, 3.8) is 0 Å². The number of anilines is 2. The number of carbonyl (C=O) groups excluding carboxylic acids is 3. The van der Waals surface area contributed by atoms with Crippen LogP contribution in [-0.2, 0) is 25.3 Å². The van der Waals surface area contributed by atoms with Gasteiger partial charge < -0.3 is 10.1 Å². The molecular formula is C26H24ClF3N4O4. The van der Waals surface area contributed by atoms with Crippen LogP contribution in [-0.4, -0.2) is 40.9 Å². The minimum absolute atomic E-state index is 0.0593. The molecule has 38 heavy (non-hydrogen) atoms. The maximum absolute atomic E-state index is 13.3. The first-order valence-corrected chi connectivity index (χ1v) is 11.8. The molecule has 2 amide bonds. The van der Waals surface area contributed by atoms with Crippen LogP contribution in [0.3, 0.4) is 0 Å². The van der Waals surface area contributed by atoms with Crippen molar-refractivity contribution in [3.05, 3.63) is 71.4 Å². The van der Waals surface area contributed by atoms with Gasteiger partial charge in [0, 0.05) is 29.6 Å². The molecule has 0 saturated carbocycles. The third-order valence-corrected chi connectivity index (χ3v) is 5.63. The summed E-state index contributed by atoms with van der Waals surface area (Å²) >= 11 is 6.08. The lowest BCUT2D eigenvalue weighted by atomic mass is 10.1. The summed E-state index contributed by atoms with van der Waals surface area (Å²) in [6.45, 7) is 1.46. The van der Waals surface area contributed by atoms with Crippen LogP contribution in [0.5, 0.6) is 0 Å². The van der Waals surface area contributed by atoms with Gasteiger partial charge in [0.2, 0.25) is 17.8 Å². The molecule has 0 aliphatic rings. The average Bonchev–Trinajstić information content (AvgIpc) is 2.88. The Kier molecular flexibility index (Phi) is 9.40. The maximum Gasteiger partial charge on any atom is 0.416 e. The molecule has 3 rings (SSSR count). The lowest BCUT2D eigenvalue weighted by Gasteiger charge is -2.22. The molecular weight excluding hydrogens is 525 g/mol. The van der Waals surface area contributed by atoms with Gasteiger partial charge in [-0.1, -0.05) is 23.7 Å². The first kappa shape index (κ1) is 28.6. The predicted octanol–water partition coefficient (Wildman–Crippen LogP) is 5.33. The first-order chi connectivity index (χ1) is 18.0. The molecule has 200 valence electrons. The number of hydrogen-bond donors (Lipinski definition) is 1. The van der Waals surface area contributed by atoms with Gasteiger partial charge in [-0.2, -0.15) is 13.2 Å². The van der Waals surface area contributed by atoms with Gasteiger partial charge in [0.25, 0.3) is 0 Å². The van der Waals surface area contributed by atoms with Crippen LogP contribution in [0.25, 0.3) is 11.3 Å². The van der Waals surface area contributed by atoms with Crippen LogP contribution < -0.4 is 10.2 Å². The third kappa shape index (κ3) is 7.51. The highest BCUT2D eigenvalue weighted by Gasteiger charge is 2.31. The van der Waals surface area contributed by atoms with Gasteiger partial charge in [-0.25, -0.2) is 19.7 Å². The number of alkyl halides is 3. The summed E-state index contributed by atoms with van der Waals surface area (Å²) in [4.78, 5) is 46.6. The molecule has 12 heteroatoms. The van der Waals surface area contributed by atoms with Crippen molar-refractivity contribution in [3.8, 4) is 11.3 Å². The molecule has 0 aliphatic heterocycles. The van der Waals surface area contributed by atoms with Crippen molar-refractivity contribution in [2.75, 3.05) is 12.0 Å². The number of esters is 1. The Balaban J connectivity index is 1.85. The maximum atomic E-state index is 13.3. The predicted molar refractivity (Wildman–Crippen MR) is 135 cm³/mol. The van der Waals surface area contributed by atoms with Crippen LogP contribution in [0.1, 0.15) is 31.7 Å². The standard InChI is InChI=1S/C26H24ClF3N4O4/c1-16(24(37)38-2)32-22(35)7-4-8-23(36)34(20-11-9-18(10-12-20)26(28,29)30)25-31-14-13-21(33-25)17-5-3-6-19(27)15-17/h3,5-6,9-16H,4,7-8H2,1-2H3,(H,32,35). The van der Waals surface area contributed by atoms with Gasteiger partial charge in [0.1, 0.15) is 6.04 Å². The number of carbonyl (C=O) groups is 3.